The number of anilines is 2. The Bertz CT molecular complexity index is 584. The lowest BCUT2D eigenvalue weighted by Crippen LogP contribution is -2.18. The molecule has 2 aromatic rings. The van der Waals surface area contributed by atoms with Crippen LogP contribution in [-0.4, -0.2) is 15.0 Å². The van der Waals surface area contributed by atoms with Crippen LogP contribution in [0.4, 0.5) is 11.6 Å². The van der Waals surface area contributed by atoms with Crippen molar-refractivity contribution in [2.24, 2.45) is 0 Å². The van der Waals surface area contributed by atoms with Crippen LogP contribution < -0.4 is 11.1 Å². The quantitative estimate of drug-likeness (QED) is 0.897. The van der Waals surface area contributed by atoms with Crippen LogP contribution in [0.1, 0.15) is 37.9 Å². The molecule has 0 aromatic carbocycles. The lowest BCUT2D eigenvalue weighted by Gasteiger charge is -2.18. The number of aryl methyl sites for hydroxylation is 1. The molecule has 0 aliphatic rings. The molecule has 3 N–H and O–H groups in total. The molecule has 0 atom stereocenters. The van der Waals surface area contributed by atoms with E-state index in [-0.39, 0.29) is 5.41 Å². The van der Waals surface area contributed by atoms with Crippen molar-refractivity contribution < 1.29 is 0 Å². The highest BCUT2D eigenvalue weighted by Crippen LogP contribution is 2.21. The van der Waals surface area contributed by atoms with Crippen molar-refractivity contribution in [1.29, 1.82) is 0 Å². The highest BCUT2D eigenvalue weighted by atomic mass is 15.1. The molecule has 0 spiro atoms. The Hall–Kier alpha value is -2.17. The molecule has 2 heterocycles. The van der Waals surface area contributed by atoms with Gasteiger partial charge in [0.25, 0.3) is 0 Å². The van der Waals surface area contributed by atoms with Gasteiger partial charge in [-0.3, -0.25) is 4.98 Å². The number of hydrogen-bond acceptors (Lipinski definition) is 5. The predicted molar refractivity (Wildman–Crippen MR) is 81.4 cm³/mol. The summed E-state index contributed by atoms with van der Waals surface area (Å²) in [6.07, 6.45) is 1.86. The van der Waals surface area contributed by atoms with E-state index < -0.39 is 0 Å². The number of nitrogen functional groups attached to an aromatic ring is 1. The van der Waals surface area contributed by atoms with Crippen LogP contribution in [0.2, 0.25) is 0 Å². The maximum absolute atomic E-state index is 5.84. The number of nitrogens with one attached hydrogen (secondary N) is 1. The van der Waals surface area contributed by atoms with E-state index in [0.717, 1.165) is 22.9 Å². The van der Waals surface area contributed by atoms with Gasteiger partial charge >= 0.3 is 0 Å². The van der Waals surface area contributed by atoms with E-state index >= 15 is 0 Å². The minimum atomic E-state index is -0.128. The standard InChI is InChI=1S/C15H21N5/c1-10-5-6-11(8-17-10)9-18-13-7-12(16)19-14(20-13)15(2,3)4/h5-8H,9H2,1-4H3,(H3,16,18,19,20). The summed E-state index contributed by atoms with van der Waals surface area (Å²) in [6, 6.07) is 5.79. The largest absolute Gasteiger partial charge is 0.384 e. The SMILES string of the molecule is Cc1ccc(CNc2cc(N)nc(C(C)(C)C)n2)cn1. The van der Waals surface area contributed by atoms with Gasteiger partial charge in [0.1, 0.15) is 17.5 Å². The first-order chi connectivity index (χ1) is 9.34. The van der Waals surface area contributed by atoms with Gasteiger partial charge in [-0.1, -0.05) is 26.8 Å². The third kappa shape index (κ3) is 3.66. The molecule has 20 heavy (non-hydrogen) atoms. The number of pyridine rings is 1. The molecule has 0 aliphatic carbocycles. The lowest BCUT2D eigenvalue weighted by molar-refractivity contribution is 0.547. The van der Waals surface area contributed by atoms with Crippen molar-refractivity contribution in [3.63, 3.8) is 0 Å². The molecule has 0 bridgehead atoms. The summed E-state index contributed by atoms with van der Waals surface area (Å²) in [5.74, 6) is 1.96. The fraction of sp³-hybridized carbons (Fsp3) is 0.400. The number of rotatable bonds is 3. The van der Waals surface area contributed by atoms with Gasteiger partial charge in [0, 0.05) is 29.9 Å². The fourth-order valence-electron chi connectivity index (χ4n) is 1.69. The monoisotopic (exact) mass is 271 g/mol. The summed E-state index contributed by atoms with van der Waals surface area (Å²) >= 11 is 0. The average molecular weight is 271 g/mol. The molecule has 0 fully saturated rings. The molecular weight excluding hydrogens is 250 g/mol. The van der Waals surface area contributed by atoms with Crippen LogP contribution in [0.5, 0.6) is 0 Å². The molecule has 0 radical (unpaired) electrons. The van der Waals surface area contributed by atoms with Crippen molar-refractivity contribution in [2.75, 3.05) is 11.1 Å². The Balaban J connectivity index is 2.13. The van der Waals surface area contributed by atoms with E-state index in [2.05, 4.69) is 41.0 Å². The molecule has 0 saturated heterocycles. The Kier molecular flexibility index (Phi) is 3.88. The summed E-state index contributed by atoms with van der Waals surface area (Å²) in [5, 5.41) is 3.26. The molecule has 2 aromatic heterocycles. The maximum atomic E-state index is 5.84. The second-order valence-electron chi connectivity index (χ2n) is 5.91. The van der Waals surface area contributed by atoms with Crippen LogP contribution in [0.15, 0.2) is 24.4 Å². The molecule has 0 unspecified atom stereocenters. The van der Waals surface area contributed by atoms with Crippen LogP contribution in [-0.2, 0) is 12.0 Å². The van der Waals surface area contributed by atoms with Gasteiger partial charge in [0.05, 0.1) is 0 Å². The van der Waals surface area contributed by atoms with E-state index in [1.165, 1.54) is 0 Å². The number of nitrogens with two attached hydrogens (primary N) is 1. The van der Waals surface area contributed by atoms with Gasteiger partial charge in [0.15, 0.2) is 0 Å². The summed E-state index contributed by atoms with van der Waals surface area (Å²) in [6.45, 7) is 8.82. The molecular formula is C15H21N5. The van der Waals surface area contributed by atoms with Crippen LogP contribution >= 0.6 is 0 Å². The van der Waals surface area contributed by atoms with Gasteiger partial charge in [-0.15, -0.1) is 0 Å². The van der Waals surface area contributed by atoms with E-state index in [4.69, 9.17) is 5.73 Å². The molecule has 2 rings (SSSR count). The van der Waals surface area contributed by atoms with Crippen molar-refractivity contribution in [3.8, 4) is 0 Å². The first-order valence-corrected chi connectivity index (χ1v) is 6.65. The summed E-state index contributed by atoms with van der Waals surface area (Å²) in [7, 11) is 0. The second-order valence-corrected chi connectivity index (χ2v) is 5.91. The van der Waals surface area contributed by atoms with Crippen molar-refractivity contribution >= 4 is 11.6 Å². The van der Waals surface area contributed by atoms with Crippen LogP contribution in [0, 0.1) is 6.92 Å². The minimum absolute atomic E-state index is 0.128. The molecule has 106 valence electrons. The lowest BCUT2D eigenvalue weighted by atomic mass is 9.96. The topological polar surface area (TPSA) is 76.7 Å². The summed E-state index contributed by atoms with van der Waals surface area (Å²) in [5.41, 5.74) is 7.82. The van der Waals surface area contributed by atoms with E-state index in [9.17, 15) is 0 Å². The Labute approximate surface area is 119 Å². The molecule has 5 heteroatoms. The zero-order valence-corrected chi connectivity index (χ0v) is 12.4. The van der Waals surface area contributed by atoms with Gasteiger partial charge in [0.2, 0.25) is 0 Å². The number of hydrogen-bond donors (Lipinski definition) is 2. The summed E-state index contributed by atoms with van der Waals surface area (Å²) < 4.78 is 0. The smallest absolute Gasteiger partial charge is 0.138 e. The molecule has 0 amide bonds. The third-order valence-corrected chi connectivity index (χ3v) is 2.86. The van der Waals surface area contributed by atoms with E-state index in [0.29, 0.717) is 12.4 Å². The number of nitrogens with zero attached hydrogens (tertiary/aromatic N) is 3. The minimum Gasteiger partial charge on any atom is -0.384 e. The molecule has 0 aliphatic heterocycles. The zero-order valence-electron chi connectivity index (χ0n) is 12.4. The number of aromatic nitrogens is 3. The fourth-order valence-corrected chi connectivity index (χ4v) is 1.69. The van der Waals surface area contributed by atoms with Crippen LogP contribution in [0.3, 0.4) is 0 Å². The van der Waals surface area contributed by atoms with Crippen molar-refractivity contribution in [1.82, 2.24) is 15.0 Å². The summed E-state index contributed by atoms with van der Waals surface area (Å²) in [4.78, 5) is 13.1. The van der Waals surface area contributed by atoms with Crippen molar-refractivity contribution in [2.45, 2.75) is 39.7 Å². The van der Waals surface area contributed by atoms with Gasteiger partial charge < -0.3 is 11.1 Å². The Morgan fingerprint density at radius 3 is 2.55 bits per heavy atom. The average Bonchev–Trinajstić information content (AvgIpc) is 2.36. The van der Waals surface area contributed by atoms with Gasteiger partial charge in [-0.05, 0) is 18.6 Å². The zero-order chi connectivity index (χ0) is 14.8. The van der Waals surface area contributed by atoms with Crippen LogP contribution in [0.25, 0.3) is 0 Å². The van der Waals surface area contributed by atoms with E-state index in [1.54, 1.807) is 6.07 Å². The second kappa shape index (κ2) is 5.45. The Morgan fingerprint density at radius 2 is 1.95 bits per heavy atom. The first kappa shape index (κ1) is 14.2. The van der Waals surface area contributed by atoms with Crippen molar-refractivity contribution in [3.05, 3.63) is 41.5 Å². The van der Waals surface area contributed by atoms with E-state index in [1.807, 2.05) is 25.3 Å². The first-order valence-electron chi connectivity index (χ1n) is 6.65. The highest BCUT2D eigenvalue weighted by Gasteiger charge is 2.18. The predicted octanol–water partition coefficient (Wildman–Crippen LogP) is 2.67. The van der Waals surface area contributed by atoms with Gasteiger partial charge in [-0.2, -0.15) is 0 Å². The molecule has 5 nitrogen and oxygen atoms in total. The highest BCUT2D eigenvalue weighted by molar-refractivity contribution is 5.45. The third-order valence-electron chi connectivity index (χ3n) is 2.86. The normalized spacial score (nSPS) is 11.4. The molecule has 0 saturated carbocycles. The van der Waals surface area contributed by atoms with Gasteiger partial charge in [-0.25, -0.2) is 9.97 Å². The maximum Gasteiger partial charge on any atom is 0.138 e. The Morgan fingerprint density at radius 1 is 1.20 bits per heavy atom.